The molecule has 0 atom stereocenters. The summed E-state index contributed by atoms with van der Waals surface area (Å²) < 4.78 is 0. The number of nitrogens with one attached hydrogen (secondary N) is 1. The molecule has 1 aromatic rings. The molecule has 1 aliphatic heterocycles. The van der Waals surface area contributed by atoms with Crippen LogP contribution in [0.2, 0.25) is 0 Å². The minimum atomic E-state index is 0.833. The summed E-state index contributed by atoms with van der Waals surface area (Å²) in [7, 11) is 0. The molecule has 0 radical (unpaired) electrons. The zero-order valence-electron chi connectivity index (χ0n) is 9.00. The first-order valence-corrected chi connectivity index (χ1v) is 5.65. The number of hydrogen-bond donors (Lipinski definition) is 1. The first-order valence-electron chi connectivity index (χ1n) is 5.65. The highest BCUT2D eigenvalue weighted by Gasteiger charge is 2.13. The van der Waals surface area contributed by atoms with Gasteiger partial charge in [0, 0.05) is 5.56 Å². The number of hydrogen-bond acceptors (Lipinski definition) is 1. The second-order valence-corrected chi connectivity index (χ2v) is 4.24. The predicted octanol–water partition coefficient (Wildman–Crippen LogP) is 2.21. The van der Waals surface area contributed by atoms with Crippen LogP contribution in [0.25, 0.3) is 0 Å². The summed E-state index contributed by atoms with van der Waals surface area (Å²) in [6, 6.07) is 8.38. The molecule has 0 unspecified atom stereocenters. The Labute approximate surface area is 91.9 Å². The van der Waals surface area contributed by atoms with Gasteiger partial charge in [0.25, 0.3) is 0 Å². The first kappa shape index (κ1) is 10.3. The summed E-state index contributed by atoms with van der Waals surface area (Å²) in [4.78, 5) is 0. The van der Waals surface area contributed by atoms with E-state index in [-0.39, 0.29) is 0 Å². The van der Waals surface area contributed by atoms with Crippen molar-refractivity contribution in [2.45, 2.75) is 19.3 Å². The summed E-state index contributed by atoms with van der Waals surface area (Å²) in [5.74, 6) is 3.52. The van der Waals surface area contributed by atoms with Crippen LogP contribution in [-0.2, 0) is 6.42 Å². The summed E-state index contributed by atoms with van der Waals surface area (Å²) in [5.41, 5.74) is 2.39. The zero-order valence-corrected chi connectivity index (χ0v) is 9.00. The van der Waals surface area contributed by atoms with E-state index in [1.807, 2.05) is 6.07 Å². The Morgan fingerprint density at radius 2 is 2.13 bits per heavy atom. The van der Waals surface area contributed by atoms with Crippen LogP contribution < -0.4 is 5.32 Å². The van der Waals surface area contributed by atoms with Gasteiger partial charge in [0.1, 0.15) is 0 Å². The van der Waals surface area contributed by atoms with E-state index in [1.54, 1.807) is 0 Å². The molecule has 1 heteroatoms. The minimum absolute atomic E-state index is 0.833. The third kappa shape index (κ3) is 2.84. The highest BCUT2D eigenvalue weighted by Crippen LogP contribution is 2.18. The molecular formula is C14H17N. The van der Waals surface area contributed by atoms with Crippen LogP contribution in [0.15, 0.2) is 24.3 Å². The maximum Gasteiger partial charge on any atom is 0.0245 e. The molecule has 1 N–H and O–H groups in total. The van der Waals surface area contributed by atoms with Crippen molar-refractivity contribution in [1.29, 1.82) is 0 Å². The Morgan fingerprint density at radius 3 is 2.87 bits per heavy atom. The Balaban J connectivity index is 2.00. The summed E-state index contributed by atoms with van der Waals surface area (Å²) in [6.07, 6.45) is 9.15. The Morgan fingerprint density at radius 1 is 1.33 bits per heavy atom. The van der Waals surface area contributed by atoms with Crippen molar-refractivity contribution in [3.05, 3.63) is 35.4 Å². The average Bonchev–Trinajstić information content (AvgIpc) is 2.31. The average molecular weight is 199 g/mol. The fraction of sp³-hybridized carbons (Fsp3) is 0.429. The van der Waals surface area contributed by atoms with Gasteiger partial charge in [0.2, 0.25) is 0 Å². The molecule has 1 aliphatic rings. The molecule has 2 rings (SSSR count). The van der Waals surface area contributed by atoms with Gasteiger partial charge in [-0.25, -0.2) is 0 Å². The Hall–Kier alpha value is -1.26. The van der Waals surface area contributed by atoms with E-state index in [0.29, 0.717) is 0 Å². The standard InChI is InChI=1S/C14H17N/c1-2-12-4-3-5-14(10-12)11-13-6-8-15-9-7-13/h1,3-5,10,13,15H,6-9,11H2. The van der Waals surface area contributed by atoms with Gasteiger partial charge >= 0.3 is 0 Å². The molecular weight excluding hydrogens is 182 g/mol. The molecule has 0 amide bonds. The van der Waals surface area contributed by atoms with Gasteiger partial charge in [-0.15, -0.1) is 6.42 Å². The lowest BCUT2D eigenvalue weighted by Gasteiger charge is -2.22. The smallest absolute Gasteiger partial charge is 0.0245 e. The predicted molar refractivity (Wildman–Crippen MR) is 63.7 cm³/mol. The van der Waals surface area contributed by atoms with Crippen LogP contribution in [0.4, 0.5) is 0 Å². The van der Waals surface area contributed by atoms with E-state index in [2.05, 4.69) is 29.4 Å². The van der Waals surface area contributed by atoms with Gasteiger partial charge in [-0.2, -0.15) is 0 Å². The second-order valence-electron chi connectivity index (χ2n) is 4.24. The summed E-state index contributed by atoms with van der Waals surface area (Å²) in [5, 5.41) is 3.39. The number of piperidine rings is 1. The Kier molecular flexibility index (Phi) is 3.42. The molecule has 1 nitrogen and oxygen atoms in total. The van der Waals surface area contributed by atoms with E-state index in [9.17, 15) is 0 Å². The lowest BCUT2D eigenvalue weighted by molar-refractivity contribution is 0.372. The molecule has 1 aromatic carbocycles. The van der Waals surface area contributed by atoms with E-state index in [0.717, 1.165) is 11.5 Å². The van der Waals surface area contributed by atoms with Crippen molar-refractivity contribution in [3.8, 4) is 12.3 Å². The van der Waals surface area contributed by atoms with E-state index >= 15 is 0 Å². The van der Waals surface area contributed by atoms with Crippen molar-refractivity contribution in [3.63, 3.8) is 0 Å². The lowest BCUT2D eigenvalue weighted by atomic mass is 9.90. The third-order valence-electron chi connectivity index (χ3n) is 3.08. The van der Waals surface area contributed by atoms with E-state index < -0.39 is 0 Å². The molecule has 0 spiro atoms. The molecule has 78 valence electrons. The quantitative estimate of drug-likeness (QED) is 0.720. The fourth-order valence-electron chi connectivity index (χ4n) is 2.21. The van der Waals surface area contributed by atoms with Crippen molar-refractivity contribution in [2.24, 2.45) is 5.92 Å². The molecule has 0 aromatic heterocycles. The Bertz CT molecular complexity index is 356. The van der Waals surface area contributed by atoms with Crippen molar-refractivity contribution < 1.29 is 0 Å². The third-order valence-corrected chi connectivity index (χ3v) is 3.08. The topological polar surface area (TPSA) is 12.0 Å². The van der Waals surface area contributed by atoms with Crippen LogP contribution in [0.1, 0.15) is 24.0 Å². The largest absolute Gasteiger partial charge is 0.317 e. The van der Waals surface area contributed by atoms with Crippen LogP contribution in [0.3, 0.4) is 0 Å². The van der Waals surface area contributed by atoms with Crippen LogP contribution in [0, 0.1) is 18.3 Å². The van der Waals surface area contributed by atoms with Crippen molar-refractivity contribution in [1.82, 2.24) is 5.32 Å². The molecule has 1 saturated heterocycles. The molecule has 0 bridgehead atoms. The normalized spacial score (nSPS) is 17.3. The van der Waals surface area contributed by atoms with Gasteiger partial charge in [-0.1, -0.05) is 18.1 Å². The van der Waals surface area contributed by atoms with Crippen LogP contribution >= 0.6 is 0 Å². The number of terminal acetylenes is 1. The van der Waals surface area contributed by atoms with Crippen molar-refractivity contribution >= 4 is 0 Å². The van der Waals surface area contributed by atoms with Gasteiger partial charge < -0.3 is 5.32 Å². The van der Waals surface area contributed by atoms with E-state index in [1.165, 1.54) is 37.9 Å². The fourth-order valence-corrected chi connectivity index (χ4v) is 2.21. The minimum Gasteiger partial charge on any atom is -0.317 e. The zero-order chi connectivity index (χ0) is 10.5. The lowest BCUT2D eigenvalue weighted by Crippen LogP contribution is -2.28. The van der Waals surface area contributed by atoms with Gasteiger partial charge in [-0.3, -0.25) is 0 Å². The molecule has 1 heterocycles. The SMILES string of the molecule is C#Cc1cccc(CC2CCNCC2)c1. The van der Waals surface area contributed by atoms with Gasteiger partial charge in [0.05, 0.1) is 0 Å². The first-order chi connectivity index (χ1) is 7.38. The highest BCUT2D eigenvalue weighted by atomic mass is 14.9. The maximum atomic E-state index is 5.39. The van der Waals surface area contributed by atoms with Gasteiger partial charge in [0.15, 0.2) is 0 Å². The van der Waals surface area contributed by atoms with E-state index in [4.69, 9.17) is 6.42 Å². The monoisotopic (exact) mass is 199 g/mol. The molecule has 0 aliphatic carbocycles. The maximum absolute atomic E-state index is 5.39. The van der Waals surface area contributed by atoms with Crippen LogP contribution in [-0.4, -0.2) is 13.1 Å². The number of benzene rings is 1. The summed E-state index contributed by atoms with van der Waals surface area (Å²) in [6.45, 7) is 2.33. The molecule has 15 heavy (non-hydrogen) atoms. The summed E-state index contributed by atoms with van der Waals surface area (Å²) >= 11 is 0. The second kappa shape index (κ2) is 5.00. The number of rotatable bonds is 2. The van der Waals surface area contributed by atoms with Crippen molar-refractivity contribution in [2.75, 3.05) is 13.1 Å². The highest BCUT2D eigenvalue weighted by molar-refractivity contribution is 5.35. The van der Waals surface area contributed by atoms with Crippen LogP contribution in [0.5, 0.6) is 0 Å². The van der Waals surface area contributed by atoms with Gasteiger partial charge in [-0.05, 0) is 56.0 Å². The molecule has 1 fully saturated rings. The molecule has 0 saturated carbocycles.